The third kappa shape index (κ3) is 4.49. The maximum Gasteiger partial charge on any atom is 0.253 e. The Kier molecular flexibility index (Phi) is 5.52. The van der Waals surface area contributed by atoms with Crippen LogP contribution in [0.4, 0.5) is 0 Å². The van der Waals surface area contributed by atoms with E-state index < -0.39 is 0 Å². The summed E-state index contributed by atoms with van der Waals surface area (Å²) >= 11 is 6.03. The molecule has 0 atom stereocenters. The molecule has 6 heteroatoms. The maximum atomic E-state index is 12.2. The minimum absolute atomic E-state index is 0.0867. The van der Waals surface area contributed by atoms with E-state index in [1.165, 1.54) is 0 Å². The lowest BCUT2D eigenvalue weighted by atomic mass is 9.92. The van der Waals surface area contributed by atoms with Crippen LogP contribution in [0.2, 0.25) is 5.02 Å². The second-order valence-electron chi connectivity index (χ2n) is 6.06. The van der Waals surface area contributed by atoms with Gasteiger partial charge in [-0.25, -0.2) is 0 Å². The van der Waals surface area contributed by atoms with E-state index in [-0.39, 0.29) is 18.1 Å². The van der Waals surface area contributed by atoms with Gasteiger partial charge in [0.1, 0.15) is 11.8 Å². The van der Waals surface area contributed by atoms with Gasteiger partial charge in [-0.15, -0.1) is 0 Å². The average Bonchev–Trinajstić information content (AvgIpc) is 2.64. The van der Waals surface area contributed by atoms with Gasteiger partial charge in [-0.3, -0.25) is 9.78 Å². The average molecular weight is 356 g/mol. The quantitative estimate of drug-likeness (QED) is 0.906. The predicted octanol–water partition coefficient (Wildman–Crippen LogP) is 3.73. The Labute approximate surface area is 151 Å². The molecule has 1 aromatic carbocycles. The first-order valence-corrected chi connectivity index (χ1v) is 8.60. The number of nitrogens with zero attached hydrogens (tertiary/aromatic N) is 2. The van der Waals surface area contributed by atoms with Crippen molar-refractivity contribution in [2.24, 2.45) is 0 Å². The summed E-state index contributed by atoms with van der Waals surface area (Å²) in [4.78, 5) is 16.1. The van der Waals surface area contributed by atoms with Crippen molar-refractivity contribution in [3.8, 4) is 11.8 Å². The lowest BCUT2D eigenvalue weighted by Gasteiger charge is -2.29. The number of carbonyl (C=O) groups is 1. The zero-order valence-corrected chi connectivity index (χ0v) is 14.4. The third-order valence-corrected chi connectivity index (χ3v) is 4.61. The molecule has 128 valence electrons. The van der Waals surface area contributed by atoms with E-state index in [0.717, 1.165) is 25.7 Å². The van der Waals surface area contributed by atoms with Gasteiger partial charge in [-0.05, 0) is 49.9 Å². The molecule has 0 aliphatic heterocycles. The van der Waals surface area contributed by atoms with E-state index in [9.17, 15) is 4.79 Å². The molecule has 0 spiro atoms. The highest BCUT2D eigenvalue weighted by atomic mass is 35.5. The SMILES string of the molecule is N#Cc1ccc(OC2CCC(NC(=O)c3cccnc3)CC2)cc1Cl. The lowest BCUT2D eigenvalue weighted by molar-refractivity contribution is 0.0893. The van der Waals surface area contributed by atoms with Gasteiger partial charge in [0.15, 0.2) is 0 Å². The van der Waals surface area contributed by atoms with Crippen molar-refractivity contribution < 1.29 is 9.53 Å². The fourth-order valence-electron chi connectivity index (χ4n) is 2.94. The number of benzene rings is 1. The summed E-state index contributed by atoms with van der Waals surface area (Å²) in [5.74, 6) is 0.586. The molecule has 1 aliphatic carbocycles. The van der Waals surface area contributed by atoms with Crippen LogP contribution in [0, 0.1) is 11.3 Å². The summed E-state index contributed by atoms with van der Waals surface area (Å²) in [6, 6.07) is 10.8. The summed E-state index contributed by atoms with van der Waals surface area (Å²) < 4.78 is 5.96. The Morgan fingerprint density at radius 3 is 2.72 bits per heavy atom. The van der Waals surface area contributed by atoms with Crippen LogP contribution in [0.3, 0.4) is 0 Å². The second-order valence-corrected chi connectivity index (χ2v) is 6.47. The molecule has 1 aliphatic rings. The summed E-state index contributed by atoms with van der Waals surface area (Å²) in [5.41, 5.74) is 1.02. The zero-order chi connectivity index (χ0) is 17.6. The third-order valence-electron chi connectivity index (χ3n) is 4.30. The van der Waals surface area contributed by atoms with E-state index in [2.05, 4.69) is 10.3 Å². The standard InChI is InChI=1S/C19H18ClN3O2/c20-18-10-17(6-3-13(18)11-21)25-16-7-4-15(5-8-16)23-19(24)14-2-1-9-22-12-14/h1-3,6,9-10,12,15-16H,4-5,7-8H2,(H,23,24). The molecule has 1 N–H and O–H groups in total. The molecular formula is C19H18ClN3O2. The maximum absolute atomic E-state index is 12.2. The molecule has 0 saturated heterocycles. The van der Waals surface area contributed by atoms with E-state index in [1.807, 2.05) is 6.07 Å². The molecule has 1 aromatic heterocycles. The molecule has 2 aromatic rings. The zero-order valence-electron chi connectivity index (χ0n) is 13.6. The number of ether oxygens (including phenoxy) is 1. The highest BCUT2D eigenvalue weighted by molar-refractivity contribution is 6.31. The second kappa shape index (κ2) is 8.00. The van der Waals surface area contributed by atoms with E-state index in [4.69, 9.17) is 21.6 Å². The number of nitriles is 1. The van der Waals surface area contributed by atoms with Gasteiger partial charge in [0, 0.05) is 24.5 Å². The first-order valence-electron chi connectivity index (χ1n) is 8.23. The Bertz CT molecular complexity index is 781. The Balaban J connectivity index is 1.50. The molecule has 1 fully saturated rings. The molecule has 1 saturated carbocycles. The lowest BCUT2D eigenvalue weighted by Crippen LogP contribution is -2.39. The number of nitrogens with one attached hydrogen (secondary N) is 1. The van der Waals surface area contributed by atoms with Gasteiger partial charge in [0.05, 0.1) is 22.3 Å². The molecule has 5 nitrogen and oxygen atoms in total. The van der Waals surface area contributed by atoms with Gasteiger partial charge in [-0.1, -0.05) is 11.6 Å². The molecule has 3 rings (SSSR count). The van der Waals surface area contributed by atoms with Gasteiger partial charge in [-0.2, -0.15) is 5.26 Å². The van der Waals surface area contributed by atoms with E-state index in [1.54, 1.807) is 42.7 Å². The van der Waals surface area contributed by atoms with E-state index in [0.29, 0.717) is 21.9 Å². The number of rotatable bonds is 4. The smallest absolute Gasteiger partial charge is 0.253 e. The van der Waals surface area contributed by atoms with Crippen molar-refractivity contribution in [3.63, 3.8) is 0 Å². The Morgan fingerprint density at radius 1 is 1.28 bits per heavy atom. The van der Waals surface area contributed by atoms with Crippen LogP contribution in [0.25, 0.3) is 0 Å². The van der Waals surface area contributed by atoms with Crippen molar-refractivity contribution in [1.82, 2.24) is 10.3 Å². The van der Waals surface area contributed by atoms with Crippen LogP contribution in [0.1, 0.15) is 41.6 Å². The van der Waals surface area contributed by atoms with Crippen LogP contribution in [0.5, 0.6) is 5.75 Å². The molecule has 0 radical (unpaired) electrons. The van der Waals surface area contributed by atoms with Gasteiger partial charge < -0.3 is 10.1 Å². The highest BCUT2D eigenvalue weighted by Crippen LogP contribution is 2.27. The highest BCUT2D eigenvalue weighted by Gasteiger charge is 2.24. The molecule has 25 heavy (non-hydrogen) atoms. The topological polar surface area (TPSA) is 75.0 Å². The molecule has 0 bridgehead atoms. The number of pyridine rings is 1. The van der Waals surface area contributed by atoms with Crippen molar-refractivity contribution in [1.29, 1.82) is 5.26 Å². The first kappa shape index (κ1) is 17.2. The fourth-order valence-corrected chi connectivity index (χ4v) is 3.16. The normalized spacial score (nSPS) is 19.7. The van der Waals surface area contributed by atoms with Gasteiger partial charge >= 0.3 is 0 Å². The van der Waals surface area contributed by atoms with Gasteiger partial charge in [0.25, 0.3) is 5.91 Å². The fraction of sp³-hybridized carbons (Fsp3) is 0.316. The minimum atomic E-state index is -0.0867. The van der Waals surface area contributed by atoms with Crippen LogP contribution in [-0.2, 0) is 0 Å². The summed E-state index contributed by atoms with van der Waals surface area (Å²) in [5, 5.41) is 12.4. The summed E-state index contributed by atoms with van der Waals surface area (Å²) in [7, 11) is 0. The predicted molar refractivity (Wildman–Crippen MR) is 94.5 cm³/mol. The number of hydrogen-bond acceptors (Lipinski definition) is 4. The molecule has 1 amide bonds. The Morgan fingerprint density at radius 2 is 2.08 bits per heavy atom. The van der Waals surface area contributed by atoms with E-state index >= 15 is 0 Å². The van der Waals surface area contributed by atoms with Crippen LogP contribution < -0.4 is 10.1 Å². The van der Waals surface area contributed by atoms with Crippen LogP contribution in [-0.4, -0.2) is 23.0 Å². The van der Waals surface area contributed by atoms with Crippen LogP contribution in [0.15, 0.2) is 42.7 Å². The molecule has 1 heterocycles. The van der Waals surface area contributed by atoms with Gasteiger partial charge in [0.2, 0.25) is 0 Å². The van der Waals surface area contributed by atoms with Crippen molar-refractivity contribution >= 4 is 17.5 Å². The molecule has 0 unspecified atom stereocenters. The minimum Gasteiger partial charge on any atom is -0.490 e. The first-order chi connectivity index (χ1) is 12.2. The number of amides is 1. The Hall–Kier alpha value is -2.58. The number of aromatic nitrogens is 1. The van der Waals surface area contributed by atoms with Crippen molar-refractivity contribution in [3.05, 3.63) is 58.9 Å². The number of halogens is 1. The summed E-state index contributed by atoms with van der Waals surface area (Å²) in [6.07, 6.45) is 6.75. The monoisotopic (exact) mass is 355 g/mol. The van der Waals surface area contributed by atoms with Crippen LogP contribution >= 0.6 is 11.6 Å². The molecular weight excluding hydrogens is 338 g/mol. The largest absolute Gasteiger partial charge is 0.490 e. The summed E-state index contributed by atoms with van der Waals surface area (Å²) in [6.45, 7) is 0. The number of carbonyl (C=O) groups excluding carboxylic acids is 1. The van der Waals surface area contributed by atoms with Crippen molar-refractivity contribution in [2.75, 3.05) is 0 Å². The van der Waals surface area contributed by atoms with Crippen molar-refractivity contribution in [2.45, 2.75) is 37.8 Å². The number of hydrogen-bond donors (Lipinski definition) is 1.